The van der Waals surface area contributed by atoms with E-state index in [0.717, 1.165) is 29.6 Å². The average Bonchev–Trinajstić information content (AvgIpc) is 2.56. The molecule has 24 heavy (non-hydrogen) atoms. The summed E-state index contributed by atoms with van der Waals surface area (Å²) in [6, 6.07) is 9.77. The standard InChI is InChI=1S/C20H25NO3/c1-4-5-11-20(21(23)24)13-18(12-17-9-7-6-8-10-17)15(2)19(14-20)16(3)22/h6-10,12H,4-5,11,13-14H2,1-3H3/b18-12-. The molecule has 1 atom stereocenters. The molecular formula is C20H25NO3. The first-order valence-corrected chi connectivity index (χ1v) is 8.51. The SMILES string of the molecule is CCCCC1([N+](=O)[O-])CC(C(C)=O)=C(C)/C(=C\c2ccccc2)C1. The Labute approximate surface area is 143 Å². The van der Waals surface area contributed by atoms with Gasteiger partial charge in [-0.25, -0.2) is 0 Å². The van der Waals surface area contributed by atoms with Crippen molar-refractivity contribution in [3.8, 4) is 0 Å². The van der Waals surface area contributed by atoms with Crippen LogP contribution in [0.15, 0.2) is 47.1 Å². The second kappa shape index (κ2) is 7.56. The van der Waals surface area contributed by atoms with Gasteiger partial charge >= 0.3 is 0 Å². The molecule has 128 valence electrons. The largest absolute Gasteiger partial charge is 0.295 e. The lowest BCUT2D eigenvalue weighted by molar-refractivity contribution is -0.571. The first kappa shape index (κ1) is 18.1. The van der Waals surface area contributed by atoms with Gasteiger partial charge in [-0.1, -0.05) is 49.8 Å². The fourth-order valence-electron chi connectivity index (χ4n) is 3.41. The van der Waals surface area contributed by atoms with Crippen LogP contribution in [0.5, 0.6) is 0 Å². The third-order valence-electron chi connectivity index (χ3n) is 4.91. The van der Waals surface area contributed by atoms with Crippen molar-refractivity contribution in [3.05, 3.63) is 62.7 Å². The van der Waals surface area contributed by atoms with E-state index < -0.39 is 5.54 Å². The van der Waals surface area contributed by atoms with Gasteiger partial charge in [0, 0.05) is 29.8 Å². The van der Waals surface area contributed by atoms with Crippen LogP contribution in [-0.4, -0.2) is 16.2 Å². The number of rotatable bonds is 6. The highest BCUT2D eigenvalue weighted by atomic mass is 16.6. The Morgan fingerprint density at radius 1 is 1.29 bits per heavy atom. The molecule has 1 aliphatic rings. The zero-order chi connectivity index (χ0) is 17.7. The van der Waals surface area contributed by atoms with Crippen molar-refractivity contribution in [2.75, 3.05) is 0 Å². The van der Waals surface area contributed by atoms with E-state index in [4.69, 9.17) is 0 Å². The number of carbonyl (C=O) groups is 1. The maximum absolute atomic E-state index is 12.1. The summed E-state index contributed by atoms with van der Waals surface area (Å²) in [4.78, 5) is 23.8. The zero-order valence-electron chi connectivity index (χ0n) is 14.7. The Hall–Kier alpha value is -2.23. The molecule has 0 saturated carbocycles. The van der Waals surface area contributed by atoms with E-state index in [-0.39, 0.29) is 17.1 Å². The monoisotopic (exact) mass is 327 g/mol. The normalized spacial score (nSPS) is 22.7. The van der Waals surface area contributed by atoms with E-state index in [2.05, 4.69) is 0 Å². The second-order valence-electron chi connectivity index (χ2n) is 6.68. The minimum absolute atomic E-state index is 0.0612. The van der Waals surface area contributed by atoms with Crippen LogP contribution in [0.3, 0.4) is 0 Å². The predicted molar refractivity (Wildman–Crippen MR) is 96.3 cm³/mol. The van der Waals surface area contributed by atoms with Crippen LogP contribution < -0.4 is 0 Å². The number of Topliss-reactive ketones (excluding diaryl/α,β-unsaturated/α-hetero) is 1. The van der Waals surface area contributed by atoms with Gasteiger partial charge in [0.1, 0.15) is 0 Å². The van der Waals surface area contributed by atoms with E-state index in [0.29, 0.717) is 18.4 Å². The molecule has 0 spiro atoms. The van der Waals surface area contributed by atoms with Crippen LogP contribution in [-0.2, 0) is 4.79 Å². The van der Waals surface area contributed by atoms with Gasteiger partial charge in [0.2, 0.25) is 5.54 Å². The Kier molecular flexibility index (Phi) is 5.71. The highest BCUT2D eigenvalue weighted by Crippen LogP contribution is 2.42. The summed E-state index contributed by atoms with van der Waals surface area (Å²) in [5, 5.41) is 11.9. The molecule has 0 aliphatic heterocycles. The summed E-state index contributed by atoms with van der Waals surface area (Å²) in [7, 11) is 0. The van der Waals surface area contributed by atoms with E-state index in [1.165, 1.54) is 6.92 Å². The van der Waals surface area contributed by atoms with Crippen LogP contribution in [0, 0.1) is 10.1 Å². The van der Waals surface area contributed by atoms with Crippen LogP contribution in [0.2, 0.25) is 0 Å². The van der Waals surface area contributed by atoms with Gasteiger partial charge < -0.3 is 0 Å². The predicted octanol–water partition coefficient (Wildman–Crippen LogP) is 4.98. The highest BCUT2D eigenvalue weighted by molar-refractivity contribution is 5.95. The molecule has 1 aromatic carbocycles. The number of nitro groups is 1. The second-order valence-corrected chi connectivity index (χ2v) is 6.68. The average molecular weight is 327 g/mol. The van der Waals surface area contributed by atoms with Gasteiger partial charge in [-0.3, -0.25) is 14.9 Å². The Morgan fingerprint density at radius 2 is 1.96 bits per heavy atom. The van der Waals surface area contributed by atoms with Crippen molar-refractivity contribution >= 4 is 11.9 Å². The fraction of sp³-hybridized carbons (Fsp3) is 0.450. The van der Waals surface area contributed by atoms with Gasteiger partial charge in [-0.15, -0.1) is 0 Å². The molecular weight excluding hydrogens is 302 g/mol. The molecule has 0 bridgehead atoms. The molecule has 0 aromatic heterocycles. The van der Waals surface area contributed by atoms with Crippen LogP contribution in [0.25, 0.3) is 6.08 Å². The number of hydrogen-bond donors (Lipinski definition) is 0. The number of nitrogens with zero attached hydrogens (tertiary/aromatic N) is 1. The van der Waals surface area contributed by atoms with Crippen LogP contribution in [0.4, 0.5) is 0 Å². The van der Waals surface area contributed by atoms with Gasteiger partial charge in [0.05, 0.1) is 0 Å². The number of benzene rings is 1. The maximum atomic E-state index is 12.1. The molecule has 0 amide bonds. The van der Waals surface area contributed by atoms with E-state index >= 15 is 0 Å². The minimum atomic E-state index is -1.06. The van der Waals surface area contributed by atoms with Crippen LogP contribution >= 0.6 is 0 Å². The van der Waals surface area contributed by atoms with E-state index in [1.54, 1.807) is 0 Å². The molecule has 0 N–H and O–H groups in total. The van der Waals surface area contributed by atoms with Gasteiger partial charge in [-0.05, 0) is 37.0 Å². The summed E-state index contributed by atoms with van der Waals surface area (Å²) >= 11 is 0. The molecule has 0 saturated heterocycles. The molecule has 4 heteroatoms. The summed E-state index contributed by atoms with van der Waals surface area (Å²) in [6.45, 7) is 5.45. The Morgan fingerprint density at radius 3 is 2.50 bits per heavy atom. The smallest absolute Gasteiger partial charge is 0.230 e. The fourth-order valence-corrected chi connectivity index (χ4v) is 3.41. The summed E-state index contributed by atoms with van der Waals surface area (Å²) in [6.07, 6.45) is 4.83. The number of allylic oxidation sites excluding steroid dienone is 1. The molecule has 1 aliphatic carbocycles. The molecule has 1 unspecified atom stereocenters. The lowest BCUT2D eigenvalue weighted by Crippen LogP contribution is -2.42. The van der Waals surface area contributed by atoms with Crippen molar-refractivity contribution < 1.29 is 9.72 Å². The molecule has 0 heterocycles. The van der Waals surface area contributed by atoms with Gasteiger partial charge in [0.25, 0.3) is 0 Å². The quantitative estimate of drug-likeness (QED) is 0.547. The summed E-state index contributed by atoms with van der Waals surface area (Å²) in [5.74, 6) is -0.0612. The van der Waals surface area contributed by atoms with Gasteiger partial charge in [0.15, 0.2) is 5.78 Å². The number of carbonyl (C=O) groups excluding carboxylic acids is 1. The van der Waals surface area contributed by atoms with Gasteiger partial charge in [-0.2, -0.15) is 0 Å². The van der Waals surface area contributed by atoms with Crippen molar-refractivity contribution in [3.63, 3.8) is 0 Å². The topological polar surface area (TPSA) is 60.2 Å². The number of ketones is 1. The Balaban J connectivity index is 2.52. The lowest BCUT2D eigenvalue weighted by atomic mass is 9.72. The Bertz CT molecular complexity index is 688. The van der Waals surface area contributed by atoms with Crippen molar-refractivity contribution in [1.29, 1.82) is 0 Å². The highest BCUT2D eigenvalue weighted by Gasteiger charge is 2.47. The molecule has 0 radical (unpaired) electrons. The molecule has 1 aromatic rings. The third-order valence-corrected chi connectivity index (χ3v) is 4.91. The molecule has 2 rings (SSSR count). The first-order valence-electron chi connectivity index (χ1n) is 8.51. The van der Waals surface area contributed by atoms with Crippen molar-refractivity contribution in [2.24, 2.45) is 0 Å². The lowest BCUT2D eigenvalue weighted by Gasteiger charge is -2.32. The zero-order valence-corrected chi connectivity index (χ0v) is 14.7. The van der Waals surface area contributed by atoms with E-state index in [9.17, 15) is 14.9 Å². The summed E-state index contributed by atoms with van der Waals surface area (Å²) < 4.78 is 0. The maximum Gasteiger partial charge on any atom is 0.230 e. The third kappa shape index (κ3) is 3.81. The number of hydrogen-bond acceptors (Lipinski definition) is 3. The summed E-state index contributed by atoms with van der Waals surface area (Å²) in [5.41, 5.74) is 2.36. The van der Waals surface area contributed by atoms with Crippen molar-refractivity contribution in [2.45, 2.75) is 58.4 Å². The minimum Gasteiger partial charge on any atom is -0.295 e. The molecule has 4 nitrogen and oxygen atoms in total. The van der Waals surface area contributed by atoms with Crippen LogP contribution in [0.1, 0.15) is 58.4 Å². The first-order chi connectivity index (χ1) is 11.4. The molecule has 0 fully saturated rings. The van der Waals surface area contributed by atoms with E-state index in [1.807, 2.05) is 50.3 Å². The van der Waals surface area contributed by atoms with Crippen molar-refractivity contribution in [1.82, 2.24) is 0 Å². The number of unbranched alkanes of at least 4 members (excludes halogenated alkanes) is 1.